The Balaban J connectivity index is 2.60. The van der Waals surface area contributed by atoms with Gasteiger partial charge in [-0.1, -0.05) is 24.3 Å². The Morgan fingerprint density at radius 3 is 1.86 bits per heavy atom. The summed E-state index contributed by atoms with van der Waals surface area (Å²) in [6.45, 7) is 18.5. The quantitative estimate of drug-likeness (QED) is 0.0880. The molecule has 0 fully saturated rings. The van der Waals surface area contributed by atoms with Crippen LogP contribution in [0.2, 0.25) is 0 Å². The molecule has 0 atom stereocenters. The molecule has 2 rings (SSSR count). The van der Waals surface area contributed by atoms with Crippen LogP contribution in [0.25, 0.3) is 6.08 Å². The monoisotopic (exact) mass is 574 g/mol. The molecule has 0 radical (unpaired) electrons. The first kappa shape index (κ1) is 34.3. The van der Waals surface area contributed by atoms with Crippen molar-refractivity contribution in [3.63, 3.8) is 0 Å². The molecule has 226 valence electrons. The molecule has 6 nitrogen and oxygen atoms in total. The van der Waals surface area contributed by atoms with Gasteiger partial charge in [-0.05, 0) is 130 Å². The molecule has 0 saturated heterocycles. The predicted molar refractivity (Wildman–Crippen MR) is 169 cm³/mol. The van der Waals surface area contributed by atoms with E-state index in [1.807, 2.05) is 78.8 Å². The van der Waals surface area contributed by atoms with Gasteiger partial charge in [0.2, 0.25) is 0 Å². The zero-order valence-corrected chi connectivity index (χ0v) is 26.8. The summed E-state index contributed by atoms with van der Waals surface area (Å²) in [6.07, 6.45) is 12.0. The molecule has 0 spiro atoms. The van der Waals surface area contributed by atoms with Gasteiger partial charge in [0.15, 0.2) is 5.78 Å². The smallest absolute Gasteiger partial charge is 0.316 e. The molecular formula is C36H46O6. The van der Waals surface area contributed by atoms with Crippen molar-refractivity contribution < 1.29 is 28.6 Å². The maximum Gasteiger partial charge on any atom is 0.316 e. The Kier molecular flexibility index (Phi) is 12.1. The molecule has 42 heavy (non-hydrogen) atoms. The topological polar surface area (TPSA) is 78.9 Å². The molecule has 0 heterocycles. The van der Waals surface area contributed by atoms with Crippen molar-refractivity contribution in [2.75, 3.05) is 0 Å². The second kappa shape index (κ2) is 14.8. The number of carbonyl (C=O) groups excluding carboxylic acids is 3. The summed E-state index contributed by atoms with van der Waals surface area (Å²) < 4.78 is 17.8. The minimum absolute atomic E-state index is 0.159. The highest BCUT2D eigenvalue weighted by Crippen LogP contribution is 2.40. The Morgan fingerprint density at radius 2 is 1.33 bits per heavy atom. The van der Waals surface area contributed by atoms with Crippen LogP contribution in [0, 0.1) is 10.8 Å². The highest BCUT2D eigenvalue weighted by Gasteiger charge is 2.28. The maximum atomic E-state index is 13.2. The number of esters is 2. The summed E-state index contributed by atoms with van der Waals surface area (Å²) in [4.78, 5) is 38.4. The Bertz CT molecular complexity index is 1340. The lowest BCUT2D eigenvalue weighted by Gasteiger charge is -2.24. The van der Waals surface area contributed by atoms with E-state index in [2.05, 4.69) is 0 Å². The molecule has 6 heteroatoms. The zero-order chi connectivity index (χ0) is 31.7. The van der Waals surface area contributed by atoms with Gasteiger partial charge in [-0.25, -0.2) is 0 Å². The number of hydrogen-bond donors (Lipinski definition) is 0. The number of hydrogen-bond acceptors (Lipinski definition) is 6. The van der Waals surface area contributed by atoms with Crippen molar-refractivity contribution in [3.8, 4) is 17.2 Å². The van der Waals surface area contributed by atoms with E-state index in [-0.39, 0.29) is 23.8 Å². The molecule has 0 aliphatic carbocycles. The average molecular weight is 575 g/mol. The van der Waals surface area contributed by atoms with Crippen LogP contribution in [0.15, 0.2) is 60.7 Å². The number of carbonyl (C=O) groups is 3. The number of benzene rings is 2. The highest BCUT2D eigenvalue weighted by atomic mass is 16.5. The van der Waals surface area contributed by atoms with E-state index < -0.39 is 10.8 Å². The fraction of sp³-hybridized carbons (Fsp3) is 0.417. The van der Waals surface area contributed by atoms with Gasteiger partial charge in [-0.3, -0.25) is 14.4 Å². The minimum atomic E-state index is -0.694. The molecule has 0 aliphatic heterocycles. The molecule has 0 N–H and O–H groups in total. The van der Waals surface area contributed by atoms with Crippen LogP contribution in [0.5, 0.6) is 17.2 Å². The van der Waals surface area contributed by atoms with E-state index >= 15 is 0 Å². The van der Waals surface area contributed by atoms with Crippen LogP contribution in [-0.4, -0.2) is 23.8 Å². The largest absolute Gasteiger partial charge is 0.490 e. The molecule has 0 unspecified atom stereocenters. The number of ketones is 1. The van der Waals surface area contributed by atoms with E-state index in [1.54, 1.807) is 51.1 Å². The zero-order valence-electron chi connectivity index (χ0n) is 26.8. The molecular weight excluding hydrogens is 528 g/mol. The van der Waals surface area contributed by atoms with Crippen LogP contribution in [0.3, 0.4) is 0 Å². The van der Waals surface area contributed by atoms with Gasteiger partial charge in [0.05, 0.1) is 16.9 Å². The highest BCUT2D eigenvalue weighted by molar-refractivity contribution is 6.07. The van der Waals surface area contributed by atoms with E-state index in [0.717, 1.165) is 11.1 Å². The first-order chi connectivity index (χ1) is 19.6. The van der Waals surface area contributed by atoms with E-state index in [1.165, 1.54) is 6.08 Å². The summed E-state index contributed by atoms with van der Waals surface area (Å²) in [5.74, 6) is 0.538. The number of rotatable bonds is 11. The van der Waals surface area contributed by atoms with Crippen molar-refractivity contribution in [2.24, 2.45) is 10.8 Å². The Hall–Kier alpha value is -3.93. The molecule has 0 saturated carbocycles. The van der Waals surface area contributed by atoms with Crippen molar-refractivity contribution >= 4 is 23.8 Å². The van der Waals surface area contributed by atoms with Gasteiger partial charge >= 0.3 is 11.9 Å². The number of ether oxygens (including phenoxy) is 3. The first-order valence-electron chi connectivity index (χ1n) is 14.4. The number of allylic oxidation sites excluding steroid dienone is 5. The summed E-state index contributed by atoms with van der Waals surface area (Å²) >= 11 is 0. The third-order valence-electron chi connectivity index (χ3n) is 6.10. The summed E-state index contributed by atoms with van der Waals surface area (Å²) in [7, 11) is 0. The Morgan fingerprint density at radius 1 is 0.786 bits per heavy atom. The van der Waals surface area contributed by atoms with Crippen LogP contribution >= 0.6 is 0 Å². The molecule has 0 amide bonds. The molecule has 2 aromatic rings. The SMILES string of the molecule is C/C=C/Cc1cc(/C=C/C(=O)c2ccc(OC(=O)C(C)(C)C)cc2)c(OC(C)C)c(C/C=C/C)c1OC(=O)C(C)(C)C. The predicted octanol–water partition coefficient (Wildman–Crippen LogP) is 8.51. The van der Waals surface area contributed by atoms with E-state index in [4.69, 9.17) is 14.2 Å². The van der Waals surface area contributed by atoms with Gasteiger partial charge in [-0.15, -0.1) is 0 Å². The lowest BCUT2D eigenvalue weighted by Crippen LogP contribution is -2.26. The van der Waals surface area contributed by atoms with Gasteiger partial charge in [-0.2, -0.15) is 0 Å². The minimum Gasteiger partial charge on any atom is -0.490 e. The van der Waals surface area contributed by atoms with Crippen molar-refractivity contribution in [2.45, 2.75) is 88.2 Å². The Labute approximate surface area is 251 Å². The average Bonchev–Trinajstić information content (AvgIpc) is 2.90. The summed E-state index contributed by atoms with van der Waals surface area (Å²) in [5, 5.41) is 0. The van der Waals surface area contributed by atoms with Crippen molar-refractivity contribution in [1.82, 2.24) is 0 Å². The van der Waals surface area contributed by atoms with Crippen LogP contribution < -0.4 is 14.2 Å². The fourth-order valence-electron chi connectivity index (χ4n) is 3.69. The lowest BCUT2D eigenvalue weighted by molar-refractivity contribution is -0.143. The summed E-state index contributed by atoms with van der Waals surface area (Å²) in [5.41, 5.74) is 1.40. The second-order valence-electron chi connectivity index (χ2n) is 12.5. The van der Waals surface area contributed by atoms with E-state index in [9.17, 15) is 14.4 Å². The van der Waals surface area contributed by atoms with Crippen LogP contribution in [0.4, 0.5) is 0 Å². The third kappa shape index (κ3) is 9.86. The summed E-state index contributed by atoms with van der Waals surface area (Å²) in [6, 6.07) is 8.41. The molecule has 0 bridgehead atoms. The second-order valence-corrected chi connectivity index (χ2v) is 12.5. The molecule has 2 aromatic carbocycles. The standard InChI is InChI=1S/C36H46O6/c1-11-13-15-26-23-27(19-22-30(37)25-17-20-28(21-18-25)41-33(38)35(5,6)7)31(40-24(3)4)29(16-14-12-2)32(26)42-34(39)36(8,9)10/h11-14,17-24H,15-16H2,1-10H3/b13-11+,14-12+,22-19+. The normalized spacial score (nSPS) is 12.5. The lowest BCUT2D eigenvalue weighted by atomic mass is 9.95. The van der Waals surface area contributed by atoms with E-state index in [0.29, 0.717) is 41.2 Å². The van der Waals surface area contributed by atoms with Crippen molar-refractivity contribution in [3.05, 3.63) is 83.0 Å². The molecule has 0 aliphatic rings. The maximum absolute atomic E-state index is 13.2. The third-order valence-corrected chi connectivity index (χ3v) is 6.10. The van der Waals surface area contributed by atoms with Gasteiger partial charge in [0.25, 0.3) is 0 Å². The van der Waals surface area contributed by atoms with Gasteiger partial charge in [0, 0.05) is 16.7 Å². The fourth-order valence-corrected chi connectivity index (χ4v) is 3.69. The van der Waals surface area contributed by atoms with Crippen molar-refractivity contribution in [1.29, 1.82) is 0 Å². The van der Waals surface area contributed by atoms with Gasteiger partial charge in [0.1, 0.15) is 17.2 Å². The van der Waals surface area contributed by atoms with Crippen LogP contribution in [0.1, 0.15) is 96.3 Å². The van der Waals surface area contributed by atoms with Crippen LogP contribution in [-0.2, 0) is 22.4 Å². The first-order valence-corrected chi connectivity index (χ1v) is 14.4. The molecule has 0 aromatic heterocycles. The van der Waals surface area contributed by atoms with Gasteiger partial charge < -0.3 is 14.2 Å².